The number of anilines is 1. The number of piperidine rings is 1. The lowest BCUT2D eigenvalue weighted by atomic mass is 10.0. The van der Waals surface area contributed by atoms with Crippen LogP contribution in [0.3, 0.4) is 0 Å². The molecule has 178 valence electrons. The maximum absolute atomic E-state index is 12.9. The molecule has 0 saturated carbocycles. The zero-order valence-corrected chi connectivity index (χ0v) is 19.1. The number of rotatable bonds is 6. The molecule has 4 rings (SSSR count). The maximum atomic E-state index is 12.9. The lowest BCUT2D eigenvalue weighted by Gasteiger charge is -2.27. The first kappa shape index (κ1) is 23.8. The Labute approximate surface area is 203 Å². The Hall–Kier alpha value is -4.37. The van der Waals surface area contributed by atoms with Crippen molar-refractivity contribution in [1.82, 2.24) is 15.5 Å². The number of nitrogens with zero attached hydrogens (tertiary/aromatic N) is 2. The van der Waals surface area contributed by atoms with Crippen LogP contribution >= 0.6 is 11.3 Å². The zero-order valence-electron chi connectivity index (χ0n) is 18.3. The van der Waals surface area contributed by atoms with Crippen molar-refractivity contribution < 1.29 is 28.8 Å². The number of imide groups is 2. The van der Waals surface area contributed by atoms with Crippen molar-refractivity contribution >= 4 is 51.8 Å². The average Bonchev–Trinajstić information content (AvgIpc) is 3.38. The van der Waals surface area contributed by atoms with Crippen molar-refractivity contribution in [2.75, 3.05) is 11.9 Å². The van der Waals surface area contributed by atoms with Gasteiger partial charge in [0.1, 0.15) is 17.1 Å². The molecule has 1 aromatic heterocycles. The summed E-state index contributed by atoms with van der Waals surface area (Å²) in [4.78, 5) is 74.0. The van der Waals surface area contributed by atoms with Crippen LogP contribution in [0.15, 0.2) is 29.6 Å². The summed E-state index contributed by atoms with van der Waals surface area (Å²) in [5.41, 5.74) is 1.39. The van der Waals surface area contributed by atoms with E-state index in [2.05, 4.69) is 16.0 Å². The molecule has 3 N–H and O–H groups in total. The third kappa shape index (κ3) is 4.80. The van der Waals surface area contributed by atoms with Crippen LogP contribution in [0, 0.1) is 11.3 Å². The molecule has 3 heterocycles. The van der Waals surface area contributed by atoms with Crippen molar-refractivity contribution in [3.63, 3.8) is 0 Å². The molecule has 2 aliphatic rings. The third-order valence-electron chi connectivity index (χ3n) is 5.65. The van der Waals surface area contributed by atoms with E-state index in [0.717, 1.165) is 21.8 Å². The lowest BCUT2D eigenvalue weighted by molar-refractivity contribution is -0.136. The van der Waals surface area contributed by atoms with Crippen molar-refractivity contribution in [2.24, 2.45) is 0 Å². The smallest absolute Gasteiger partial charge is 0.314 e. The van der Waals surface area contributed by atoms with E-state index in [0.29, 0.717) is 17.8 Å². The second-order valence-electron chi connectivity index (χ2n) is 7.92. The topological polar surface area (TPSA) is 166 Å². The van der Waals surface area contributed by atoms with E-state index >= 15 is 0 Å². The Morgan fingerprint density at radius 2 is 1.89 bits per heavy atom. The summed E-state index contributed by atoms with van der Waals surface area (Å²) in [6.45, 7) is 0.189. The number of fused-ring (bicyclic) bond motifs is 1. The summed E-state index contributed by atoms with van der Waals surface area (Å²) < 4.78 is 0. The van der Waals surface area contributed by atoms with Gasteiger partial charge in [0.15, 0.2) is 0 Å². The standard InChI is InChI=1S/C23H19N5O6S/c24-11-13-7-9-35-21(13)27-20(32)19(31)25-8-1-2-12-3-4-14-15(10-12)23(34)28(22(14)33)16-5-6-17(29)26-18(16)30/h3-4,7,9-10,16H,1-2,5-6,8H2,(H,25,31)(H,27,32)(H,26,29,30). The molecule has 1 saturated heterocycles. The molecule has 0 radical (unpaired) electrons. The Balaban J connectivity index is 1.31. The summed E-state index contributed by atoms with van der Waals surface area (Å²) in [6, 6.07) is 7.23. The van der Waals surface area contributed by atoms with Gasteiger partial charge in [-0.3, -0.25) is 39.0 Å². The van der Waals surface area contributed by atoms with E-state index in [1.54, 1.807) is 17.5 Å². The molecule has 6 amide bonds. The first-order chi connectivity index (χ1) is 16.8. The number of nitriles is 1. The zero-order chi connectivity index (χ0) is 25.1. The van der Waals surface area contributed by atoms with Gasteiger partial charge in [-0.25, -0.2) is 0 Å². The number of carbonyl (C=O) groups is 6. The van der Waals surface area contributed by atoms with E-state index in [-0.39, 0.29) is 36.1 Å². The van der Waals surface area contributed by atoms with E-state index in [1.807, 2.05) is 6.07 Å². The number of benzene rings is 1. The summed E-state index contributed by atoms with van der Waals surface area (Å²) >= 11 is 1.14. The number of aryl methyl sites for hydroxylation is 1. The lowest BCUT2D eigenvalue weighted by Crippen LogP contribution is -2.54. The molecule has 12 heteroatoms. The van der Waals surface area contributed by atoms with Crippen LogP contribution in [-0.2, 0) is 25.6 Å². The SMILES string of the molecule is N#Cc1ccsc1NC(=O)C(=O)NCCCc1ccc2c(c1)C(=O)N(C1CCC(=O)NC1=O)C2=O. The fraction of sp³-hybridized carbons (Fsp3) is 0.261. The van der Waals surface area contributed by atoms with Crippen molar-refractivity contribution in [1.29, 1.82) is 5.26 Å². The number of nitrogens with one attached hydrogen (secondary N) is 3. The normalized spacial score (nSPS) is 17.0. The largest absolute Gasteiger partial charge is 0.348 e. The molecular formula is C23H19N5O6S. The number of thiophene rings is 1. The van der Waals surface area contributed by atoms with Gasteiger partial charge in [0.2, 0.25) is 11.8 Å². The summed E-state index contributed by atoms with van der Waals surface area (Å²) in [5, 5.41) is 17.9. The number of amides is 6. The number of hydrogen-bond donors (Lipinski definition) is 3. The molecule has 11 nitrogen and oxygen atoms in total. The van der Waals surface area contributed by atoms with Crippen molar-refractivity contribution in [3.05, 3.63) is 51.9 Å². The molecule has 0 bridgehead atoms. The molecule has 2 aliphatic heterocycles. The molecule has 1 fully saturated rings. The summed E-state index contributed by atoms with van der Waals surface area (Å²) in [6.07, 6.45) is 1.05. The Morgan fingerprint density at radius 3 is 2.63 bits per heavy atom. The van der Waals surface area contributed by atoms with Gasteiger partial charge in [0.05, 0.1) is 16.7 Å². The van der Waals surface area contributed by atoms with E-state index in [9.17, 15) is 28.8 Å². The highest BCUT2D eigenvalue weighted by Gasteiger charge is 2.44. The van der Waals surface area contributed by atoms with Crippen LogP contribution in [0.5, 0.6) is 0 Å². The van der Waals surface area contributed by atoms with Crippen molar-refractivity contribution in [2.45, 2.75) is 31.7 Å². The molecule has 35 heavy (non-hydrogen) atoms. The predicted octanol–water partition coefficient (Wildman–Crippen LogP) is 0.708. The molecule has 2 aromatic rings. The van der Waals surface area contributed by atoms with Crippen LogP contribution in [0.1, 0.15) is 51.1 Å². The first-order valence-corrected chi connectivity index (χ1v) is 11.6. The van der Waals surface area contributed by atoms with Crippen LogP contribution in [0.2, 0.25) is 0 Å². The molecule has 1 atom stereocenters. The van der Waals surface area contributed by atoms with Crippen LogP contribution in [-0.4, -0.2) is 52.9 Å². The highest BCUT2D eigenvalue weighted by atomic mass is 32.1. The minimum absolute atomic E-state index is 0.0472. The van der Waals surface area contributed by atoms with Gasteiger partial charge < -0.3 is 10.6 Å². The third-order valence-corrected chi connectivity index (χ3v) is 6.48. The number of carbonyl (C=O) groups excluding carboxylic acids is 6. The highest BCUT2D eigenvalue weighted by Crippen LogP contribution is 2.28. The number of hydrogen-bond acceptors (Lipinski definition) is 8. The second-order valence-corrected chi connectivity index (χ2v) is 8.83. The molecule has 0 aliphatic carbocycles. The van der Waals surface area contributed by atoms with Gasteiger partial charge in [0.25, 0.3) is 11.8 Å². The average molecular weight is 494 g/mol. The van der Waals surface area contributed by atoms with Gasteiger partial charge >= 0.3 is 11.8 Å². The highest BCUT2D eigenvalue weighted by molar-refractivity contribution is 7.14. The Bertz CT molecular complexity index is 1310. The van der Waals surface area contributed by atoms with E-state index < -0.39 is 41.5 Å². The molecular weight excluding hydrogens is 474 g/mol. The second kappa shape index (κ2) is 9.86. The Kier molecular flexibility index (Phi) is 6.70. The molecule has 0 spiro atoms. The van der Waals surface area contributed by atoms with Crippen LogP contribution < -0.4 is 16.0 Å². The van der Waals surface area contributed by atoms with Gasteiger partial charge in [-0.05, 0) is 48.4 Å². The van der Waals surface area contributed by atoms with Crippen molar-refractivity contribution in [3.8, 4) is 6.07 Å². The fourth-order valence-electron chi connectivity index (χ4n) is 3.90. The molecule has 1 aromatic carbocycles. The van der Waals surface area contributed by atoms with Gasteiger partial charge in [-0.1, -0.05) is 6.07 Å². The van der Waals surface area contributed by atoms with Gasteiger partial charge in [-0.15, -0.1) is 11.3 Å². The predicted molar refractivity (Wildman–Crippen MR) is 122 cm³/mol. The maximum Gasteiger partial charge on any atom is 0.314 e. The summed E-state index contributed by atoms with van der Waals surface area (Å²) in [7, 11) is 0. The van der Waals surface area contributed by atoms with E-state index in [4.69, 9.17) is 5.26 Å². The molecule has 1 unspecified atom stereocenters. The van der Waals surface area contributed by atoms with E-state index in [1.165, 1.54) is 12.1 Å². The monoisotopic (exact) mass is 493 g/mol. The minimum atomic E-state index is -1.02. The fourth-order valence-corrected chi connectivity index (χ4v) is 4.63. The van der Waals surface area contributed by atoms with Crippen LogP contribution in [0.4, 0.5) is 5.00 Å². The Morgan fingerprint density at radius 1 is 1.11 bits per heavy atom. The van der Waals surface area contributed by atoms with Gasteiger partial charge in [0, 0.05) is 13.0 Å². The quantitative estimate of drug-likeness (QED) is 0.303. The van der Waals surface area contributed by atoms with Crippen LogP contribution in [0.25, 0.3) is 0 Å². The minimum Gasteiger partial charge on any atom is -0.348 e. The summed E-state index contributed by atoms with van der Waals surface area (Å²) in [5.74, 6) is -3.98. The first-order valence-electron chi connectivity index (χ1n) is 10.7. The van der Waals surface area contributed by atoms with Gasteiger partial charge in [-0.2, -0.15) is 5.26 Å².